The maximum absolute atomic E-state index is 10.3. The normalized spacial score (nSPS) is 9.87. The molecule has 0 aliphatic carbocycles. The van der Waals surface area contributed by atoms with Gasteiger partial charge in [0, 0.05) is 11.3 Å². The van der Waals surface area contributed by atoms with Gasteiger partial charge >= 0.3 is 6.09 Å². The maximum atomic E-state index is 10.3. The average molecular weight is 204 g/mol. The summed E-state index contributed by atoms with van der Waals surface area (Å²) in [6.07, 6.45) is 1.95. The summed E-state index contributed by atoms with van der Waals surface area (Å²) in [5, 5.41) is 10.7. The van der Waals surface area contributed by atoms with E-state index in [1.165, 1.54) is 6.26 Å². The standard InChI is InChI=1S/C10H8N2O3/c13-10(14)12-8-3-1-7(2-4-8)9-11-5-6-15-9/h1-6,12H,(H,13,14). The Hall–Kier alpha value is -2.30. The molecule has 1 aromatic heterocycles. The predicted molar refractivity (Wildman–Crippen MR) is 53.6 cm³/mol. The van der Waals surface area contributed by atoms with Crippen LogP contribution in [0.25, 0.3) is 11.5 Å². The summed E-state index contributed by atoms with van der Waals surface area (Å²) in [5.74, 6) is 0.511. The van der Waals surface area contributed by atoms with Crippen molar-refractivity contribution < 1.29 is 14.3 Å². The minimum atomic E-state index is -1.08. The molecule has 0 atom stereocenters. The third-order valence-electron chi connectivity index (χ3n) is 1.82. The maximum Gasteiger partial charge on any atom is 0.409 e. The summed E-state index contributed by atoms with van der Waals surface area (Å²) in [6.45, 7) is 0. The second-order valence-electron chi connectivity index (χ2n) is 2.84. The van der Waals surface area contributed by atoms with E-state index in [9.17, 15) is 4.79 Å². The Bertz CT molecular complexity index is 448. The molecule has 5 nitrogen and oxygen atoms in total. The lowest BCUT2D eigenvalue weighted by Gasteiger charge is -2.00. The number of carbonyl (C=O) groups is 1. The van der Waals surface area contributed by atoms with Crippen molar-refractivity contribution in [2.75, 3.05) is 5.32 Å². The number of rotatable bonds is 2. The lowest BCUT2D eigenvalue weighted by atomic mass is 10.2. The van der Waals surface area contributed by atoms with Crippen LogP contribution in [0, 0.1) is 0 Å². The summed E-state index contributed by atoms with van der Waals surface area (Å²) in [6, 6.07) is 6.76. The SMILES string of the molecule is O=C(O)Nc1ccc(-c2ncco2)cc1. The summed E-state index contributed by atoms with van der Waals surface area (Å²) < 4.78 is 5.09. The Labute approximate surface area is 85.4 Å². The first-order valence-corrected chi connectivity index (χ1v) is 4.25. The van der Waals surface area contributed by atoms with Crippen molar-refractivity contribution in [1.29, 1.82) is 0 Å². The zero-order valence-corrected chi connectivity index (χ0v) is 7.68. The fourth-order valence-electron chi connectivity index (χ4n) is 1.19. The highest BCUT2D eigenvalue weighted by Gasteiger charge is 2.02. The molecule has 76 valence electrons. The molecule has 1 aromatic carbocycles. The largest absolute Gasteiger partial charge is 0.465 e. The van der Waals surface area contributed by atoms with Crippen molar-refractivity contribution in [3.05, 3.63) is 36.7 Å². The fraction of sp³-hybridized carbons (Fsp3) is 0. The van der Waals surface area contributed by atoms with Gasteiger partial charge in [-0.25, -0.2) is 9.78 Å². The van der Waals surface area contributed by atoms with Crippen LogP contribution in [0.15, 0.2) is 41.1 Å². The first-order chi connectivity index (χ1) is 7.25. The molecule has 5 heteroatoms. The fourth-order valence-corrected chi connectivity index (χ4v) is 1.19. The molecule has 0 bridgehead atoms. The molecule has 2 aromatic rings. The topological polar surface area (TPSA) is 75.4 Å². The predicted octanol–water partition coefficient (Wildman–Crippen LogP) is 2.43. The highest BCUT2D eigenvalue weighted by molar-refractivity contribution is 5.83. The summed E-state index contributed by atoms with van der Waals surface area (Å²) in [7, 11) is 0. The van der Waals surface area contributed by atoms with Gasteiger partial charge in [-0.1, -0.05) is 0 Å². The minimum Gasteiger partial charge on any atom is -0.465 e. The molecule has 0 saturated carbocycles. The number of nitrogens with zero attached hydrogens (tertiary/aromatic N) is 1. The molecule has 1 heterocycles. The van der Waals surface area contributed by atoms with E-state index in [-0.39, 0.29) is 0 Å². The minimum absolute atomic E-state index is 0.511. The van der Waals surface area contributed by atoms with Crippen LogP contribution in [0.4, 0.5) is 10.5 Å². The highest BCUT2D eigenvalue weighted by atomic mass is 16.4. The van der Waals surface area contributed by atoms with Gasteiger partial charge in [0.05, 0.1) is 6.20 Å². The van der Waals surface area contributed by atoms with Gasteiger partial charge in [-0.3, -0.25) is 5.32 Å². The van der Waals surface area contributed by atoms with Gasteiger partial charge in [-0.2, -0.15) is 0 Å². The van der Waals surface area contributed by atoms with E-state index in [4.69, 9.17) is 9.52 Å². The van der Waals surface area contributed by atoms with E-state index in [1.54, 1.807) is 30.5 Å². The van der Waals surface area contributed by atoms with E-state index in [2.05, 4.69) is 10.3 Å². The number of carboxylic acid groups (broad SMARTS) is 1. The van der Waals surface area contributed by atoms with Crippen LogP contribution in [0.5, 0.6) is 0 Å². The molecule has 0 spiro atoms. The van der Waals surface area contributed by atoms with Gasteiger partial charge < -0.3 is 9.52 Å². The highest BCUT2D eigenvalue weighted by Crippen LogP contribution is 2.19. The van der Waals surface area contributed by atoms with E-state index < -0.39 is 6.09 Å². The van der Waals surface area contributed by atoms with Crippen LogP contribution < -0.4 is 5.32 Å². The third-order valence-corrected chi connectivity index (χ3v) is 1.82. The van der Waals surface area contributed by atoms with Crippen molar-refractivity contribution in [3.8, 4) is 11.5 Å². The van der Waals surface area contributed by atoms with E-state index in [1.807, 2.05) is 0 Å². The zero-order chi connectivity index (χ0) is 10.7. The first kappa shape index (κ1) is 9.26. The lowest BCUT2D eigenvalue weighted by Crippen LogP contribution is -2.06. The molecule has 0 radical (unpaired) electrons. The molecule has 0 fully saturated rings. The van der Waals surface area contributed by atoms with Crippen molar-refractivity contribution in [1.82, 2.24) is 4.98 Å². The van der Waals surface area contributed by atoms with Gasteiger partial charge in [-0.05, 0) is 24.3 Å². The van der Waals surface area contributed by atoms with Gasteiger partial charge in [0.2, 0.25) is 5.89 Å². The number of hydrogen-bond acceptors (Lipinski definition) is 3. The van der Waals surface area contributed by atoms with Crippen molar-refractivity contribution in [2.24, 2.45) is 0 Å². The third kappa shape index (κ3) is 2.14. The van der Waals surface area contributed by atoms with Crippen LogP contribution in [0.1, 0.15) is 0 Å². The van der Waals surface area contributed by atoms with Crippen LogP contribution in [-0.2, 0) is 0 Å². The summed E-state index contributed by atoms with van der Waals surface area (Å²) in [4.78, 5) is 14.3. The number of benzene rings is 1. The second-order valence-corrected chi connectivity index (χ2v) is 2.84. The van der Waals surface area contributed by atoms with Gasteiger partial charge in [0.25, 0.3) is 0 Å². The van der Waals surface area contributed by atoms with Gasteiger partial charge in [0.15, 0.2) is 0 Å². The second kappa shape index (κ2) is 3.83. The van der Waals surface area contributed by atoms with Crippen LogP contribution >= 0.6 is 0 Å². The average Bonchev–Trinajstić information content (AvgIpc) is 2.71. The zero-order valence-electron chi connectivity index (χ0n) is 7.68. The van der Waals surface area contributed by atoms with Crippen molar-refractivity contribution in [3.63, 3.8) is 0 Å². The Morgan fingerprint density at radius 2 is 2.07 bits per heavy atom. The van der Waals surface area contributed by atoms with Crippen LogP contribution in [0.3, 0.4) is 0 Å². The molecule has 0 saturated heterocycles. The number of amides is 1. The van der Waals surface area contributed by atoms with E-state index >= 15 is 0 Å². The summed E-state index contributed by atoms with van der Waals surface area (Å²) in [5.41, 5.74) is 1.31. The molecule has 0 aliphatic rings. The van der Waals surface area contributed by atoms with Gasteiger partial charge in [0.1, 0.15) is 6.26 Å². The van der Waals surface area contributed by atoms with Crippen LogP contribution in [-0.4, -0.2) is 16.2 Å². The molecule has 2 N–H and O–H groups in total. The first-order valence-electron chi connectivity index (χ1n) is 4.25. The van der Waals surface area contributed by atoms with E-state index in [0.29, 0.717) is 11.6 Å². The Morgan fingerprint density at radius 1 is 1.33 bits per heavy atom. The van der Waals surface area contributed by atoms with E-state index in [0.717, 1.165) is 5.56 Å². The Kier molecular flexibility index (Phi) is 2.37. The molecule has 0 aliphatic heterocycles. The van der Waals surface area contributed by atoms with Crippen molar-refractivity contribution in [2.45, 2.75) is 0 Å². The quantitative estimate of drug-likeness (QED) is 0.787. The summed E-state index contributed by atoms with van der Waals surface area (Å²) >= 11 is 0. The Balaban J connectivity index is 2.21. The molecule has 1 amide bonds. The lowest BCUT2D eigenvalue weighted by molar-refractivity contribution is 0.210. The number of aromatic nitrogens is 1. The number of nitrogens with one attached hydrogen (secondary N) is 1. The molecular weight excluding hydrogens is 196 g/mol. The van der Waals surface area contributed by atoms with Crippen LogP contribution in [0.2, 0.25) is 0 Å². The molecular formula is C10H8N2O3. The molecule has 15 heavy (non-hydrogen) atoms. The van der Waals surface area contributed by atoms with Gasteiger partial charge in [-0.15, -0.1) is 0 Å². The number of oxazole rings is 1. The number of anilines is 1. The molecule has 2 rings (SSSR count). The molecule has 0 unspecified atom stereocenters. The van der Waals surface area contributed by atoms with Crippen molar-refractivity contribution >= 4 is 11.8 Å². The number of hydrogen-bond donors (Lipinski definition) is 2. The smallest absolute Gasteiger partial charge is 0.409 e. The Morgan fingerprint density at radius 3 is 2.60 bits per heavy atom. The monoisotopic (exact) mass is 204 g/mol.